The van der Waals surface area contributed by atoms with Crippen LogP contribution in [0.2, 0.25) is 0 Å². The first-order valence-corrected chi connectivity index (χ1v) is 5.60. The molecule has 4 heteroatoms. The van der Waals surface area contributed by atoms with Gasteiger partial charge < -0.3 is 15.4 Å². The van der Waals surface area contributed by atoms with Gasteiger partial charge in [0.1, 0.15) is 5.75 Å². The number of ether oxygens (including phenoxy) is 1. The molecule has 2 N–H and O–H groups in total. The maximum absolute atomic E-state index is 11.2. The van der Waals surface area contributed by atoms with Crippen LogP contribution in [0, 0.1) is 20.8 Å². The van der Waals surface area contributed by atoms with Gasteiger partial charge in [0.05, 0.1) is 7.11 Å². The third kappa shape index (κ3) is 2.90. The van der Waals surface area contributed by atoms with Crippen LogP contribution in [0.5, 0.6) is 5.75 Å². The number of rotatable bonds is 3. The number of hydrogen-bond donors (Lipinski definition) is 2. The van der Waals surface area contributed by atoms with Gasteiger partial charge in [-0.1, -0.05) is 6.07 Å². The van der Waals surface area contributed by atoms with Crippen molar-refractivity contribution in [1.29, 1.82) is 0 Å². The third-order valence-electron chi connectivity index (χ3n) is 2.97. The van der Waals surface area contributed by atoms with Crippen molar-refractivity contribution >= 4 is 6.03 Å². The monoisotopic (exact) mass is 236 g/mol. The lowest BCUT2D eigenvalue weighted by atomic mass is 9.99. The Balaban J connectivity index is 3.05. The van der Waals surface area contributed by atoms with Crippen LogP contribution in [0.15, 0.2) is 6.07 Å². The van der Waals surface area contributed by atoms with Crippen LogP contribution in [0.25, 0.3) is 0 Å². The normalized spacial score (nSPS) is 9.94. The molecule has 0 atom stereocenters. The van der Waals surface area contributed by atoms with Crippen LogP contribution in [0.3, 0.4) is 0 Å². The van der Waals surface area contributed by atoms with Crippen molar-refractivity contribution in [2.45, 2.75) is 27.3 Å². The number of carbonyl (C=O) groups is 1. The van der Waals surface area contributed by atoms with Gasteiger partial charge in [-0.05, 0) is 37.5 Å². The van der Waals surface area contributed by atoms with Crippen molar-refractivity contribution in [1.82, 2.24) is 10.6 Å². The summed E-state index contributed by atoms with van der Waals surface area (Å²) in [6.07, 6.45) is 0. The molecule has 94 valence electrons. The minimum atomic E-state index is -0.190. The number of methoxy groups -OCH3 is 1. The number of urea groups is 1. The Bertz CT molecular complexity index is 428. The molecule has 0 aliphatic rings. The molecule has 0 aromatic heterocycles. The second-order valence-electron chi connectivity index (χ2n) is 4.08. The average molecular weight is 236 g/mol. The molecule has 2 amide bonds. The highest BCUT2D eigenvalue weighted by Gasteiger charge is 2.12. The lowest BCUT2D eigenvalue weighted by Gasteiger charge is -2.17. The standard InChI is InChI=1S/C13H20N2O2/c1-8-6-9(2)11(7-15-13(16)14-4)12(17-5)10(8)3/h6H,7H2,1-5H3,(H2,14,15,16). The zero-order chi connectivity index (χ0) is 13.0. The number of nitrogens with one attached hydrogen (secondary N) is 2. The van der Waals surface area contributed by atoms with Crippen LogP contribution < -0.4 is 15.4 Å². The fraction of sp³-hybridized carbons (Fsp3) is 0.462. The van der Waals surface area contributed by atoms with Crippen LogP contribution in [-0.4, -0.2) is 20.2 Å². The van der Waals surface area contributed by atoms with Gasteiger partial charge in [-0.2, -0.15) is 0 Å². The number of carbonyl (C=O) groups excluding carboxylic acids is 1. The zero-order valence-corrected chi connectivity index (χ0v) is 11.1. The largest absolute Gasteiger partial charge is 0.496 e. The second kappa shape index (κ2) is 5.57. The molecule has 0 unspecified atom stereocenters. The predicted octanol–water partition coefficient (Wildman–Crippen LogP) is 2.05. The summed E-state index contributed by atoms with van der Waals surface area (Å²) in [6.45, 7) is 6.57. The van der Waals surface area contributed by atoms with Crippen molar-refractivity contribution in [3.63, 3.8) is 0 Å². The Labute approximate surface area is 102 Å². The van der Waals surface area contributed by atoms with Gasteiger partial charge in [0.25, 0.3) is 0 Å². The maximum atomic E-state index is 11.2. The highest BCUT2D eigenvalue weighted by Crippen LogP contribution is 2.29. The molecule has 0 bridgehead atoms. The number of amides is 2. The Morgan fingerprint density at radius 3 is 2.47 bits per heavy atom. The minimum Gasteiger partial charge on any atom is -0.496 e. The van der Waals surface area contributed by atoms with Crippen molar-refractivity contribution in [3.8, 4) is 5.75 Å². The first-order valence-electron chi connectivity index (χ1n) is 5.60. The molecule has 17 heavy (non-hydrogen) atoms. The van der Waals surface area contributed by atoms with E-state index in [-0.39, 0.29) is 6.03 Å². The van der Waals surface area contributed by atoms with Gasteiger partial charge in [0.2, 0.25) is 0 Å². The summed E-state index contributed by atoms with van der Waals surface area (Å²) in [4.78, 5) is 11.2. The first kappa shape index (κ1) is 13.4. The van der Waals surface area contributed by atoms with Gasteiger partial charge in [-0.15, -0.1) is 0 Å². The third-order valence-corrected chi connectivity index (χ3v) is 2.97. The van der Waals surface area contributed by atoms with Crippen molar-refractivity contribution in [2.75, 3.05) is 14.2 Å². The summed E-state index contributed by atoms with van der Waals surface area (Å²) < 4.78 is 5.43. The van der Waals surface area contributed by atoms with Crippen LogP contribution in [-0.2, 0) is 6.54 Å². The van der Waals surface area contributed by atoms with Crippen molar-refractivity contribution < 1.29 is 9.53 Å². The fourth-order valence-electron chi connectivity index (χ4n) is 1.86. The number of benzene rings is 1. The topological polar surface area (TPSA) is 50.4 Å². The highest BCUT2D eigenvalue weighted by molar-refractivity contribution is 5.73. The summed E-state index contributed by atoms with van der Waals surface area (Å²) in [5.74, 6) is 0.860. The Morgan fingerprint density at radius 1 is 1.29 bits per heavy atom. The quantitative estimate of drug-likeness (QED) is 0.844. The molecule has 1 aromatic rings. The predicted molar refractivity (Wildman–Crippen MR) is 68.5 cm³/mol. The van der Waals surface area contributed by atoms with E-state index in [2.05, 4.69) is 23.6 Å². The smallest absolute Gasteiger partial charge is 0.314 e. The molecule has 0 aliphatic carbocycles. The van der Waals surface area contributed by atoms with E-state index >= 15 is 0 Å². The molecule has 0 saturated carbocycles. The summed E-state index contributed by atoms with van der Waals surface area (Å²) in [7, 11) is 3.25. The van der Waals surface area contributed by atoms with E-state index in [1.54, 1.807) is 14.2 Å². The highest BCUT2D eigenvalue weighted by atomic mass is 16.5. The fourth-order valence-corrected chi connectivity index (χ4v) is 1.86. The molecule has 0 aliphatic heterocycles. The molecule has 1 aromatic carbocycles. The van der Waals surface area contributed by atoms with Gasteiger partial charge in [-0.3, -0.25) is 0 Å². The molecule has 0 heterocycles. The number of hydrogen-bond acceptors (Lipinski definition) is 2. The Kier molecular flexibility index (Phi) is 4.37. The van der Waals surface area contributed by atoms with E-state index < -0.39 is 0 Å². The van der Waals surface area contributed by atoms with E-state index in [9.17, 15) is 4.79 Å². The molecule has 1 rings (SSSR count). The molecule has 0 fully saturated rings. The van der Waals surface area contributed by atoms with E-state index in [1.165, 1.54) is 5.56 Å². The summed E-state index contributed by atoms with van der Waals surface area (Å²) >= 11 is 0. The first-order chi connectivity index (χ1) is 8.01. The van der Waals surface area contributed by atoms with E-state index in [0.717, 1.165) is 22.4 Å². The minimum absolute atomic E-state index is 0.190. The number of aryl methyl sites for hydroxylation is 2. The SMILES string of the molecule is CNC(=O)NCc1c(C)cc(C)c(C)c1OC. The maximum Gasteiger partial charge on any atom is 0.314 e. The Morgan fingerprint density at radius 2 is 1.94 bits per heavy atom. The average Bonchev–Trinajstić information content (AvgIpc) is 2.31. The van der Waals surface area contributed by atoms with Crippen LogP contribution >= 0.6 is 0 Å². The van der Waals surface area contributed by atoms with E-state index in [4.69, 9.17) is 4.74 Å². The summed E-state index contributed by atoms with van der Waals surface area (Å²) in [5, 5.41) is 5.31. The van der Waals surface area contributed by atoms with Crippen LogP contribution in [0.1, 0.15) is 22.3 Å². The van der Waals surface area contributed by atoms with Crippen molar-refractivity contribution in [3.05, 3.63) is 28.3 Å². The Hall–Kier alpha value is -1.71. The molecule has 0 spiro atoms. The zero-order valence-electron chi connectivity index (χ0n) is 11.1. The van der Waals surface area contributed by atoms with Gasteiger partial charge >= 0.3 is 6.03 Å². The molecule has 0 radical (unpaired) electrons. The molecular formula is C13H20N2O2. The van der Waals surface area contributed by atoms with E-state index in [0.29, 0.717) is 6.54 Å². The molecule has 0 saturated heterocycles. The molecule has 4 nitrogen and oxygen atoms in total. The summed E-state index contributed by atoms with van der Waals surface area (Å²) in [5.41, 5.74) is 4.47. The summed E-state index contributed by atoms with van der Waals surface area (Å²) in [6, 6.07) is 1.92. The lowest BCUT2D eigenvalue weighted by Crippen LogP contribution is -2.32. The second-order valence-corrected chi connectivity index (χ2v) is 4.08. The van der Waals surface area contributed by atoms with E-state index in [1.807, 2.05) is 13.8 Å². The van der Waals surface area contributed by atoms with Gasteiger partial charge in [0.15, 0.2) is 0 Å². The van der Waals surface area contributed by atoms with Gasteiger partial charge in [-0.25, -0.2) is 4.79 Å². The lowest BCUT2D eigenvalue weighted by molar-refractivity contribution is 0.242. The molecular weight excluding hydrogens is 216 g/mol. The van der Waals surface area contributed by atoms with Crippen molar-refractivity contribution in [2.24, 2.45) is 0 Å². The van der Waals surface area contributed by atoms with Crippen LogP contribution in [0.4, 0.5) is 4.79 Å². The van der Waals surface area contributed by atoms with Gasteiger partial charge in [0, 0.05) is 19.2 Å².